The fourth-order valence-corrected chi connectivity index (χ4v) is 2.95. The Balaban J connectivity index is 3.26. The van der Waals surface area contributed by atoms with Crippen molar-refractivity contribution < 1.29 is 0 Å². The average Bonchev–Trinajstić information content (AvgIpc) is 2.48. The van der Waals surface area contributed by atoms with Crippen LogP contribution in [0.15, 0.2) is 0 Å². The average molecular weight is 299 g/mol. The van der Waals surface area contributed by atoms with Gasteiger partial charge in [0.2, 0.25) is 0 Å². The molecule has 0 aliphatic heterocycles. The molecule has 0 radical (unpaired) electrons. The smallest absolute Gasteiger partial charge is 0.00388 e. The zero-order valence-corrected chi connectivity index (χ0v) is 14.9. The Kier molecular flexibility index (Phi) is 16.2. The number of rotatable bonds is 16. The monoisotopic (exact) mass is 298 g/mol. The fourth-order valence-electron chi connectivity index (χ4n) is 2.95. The lowest BCUT2D eigenvalue weighted by Gasteiger charge is -2.13. The van der Waals surface area contributed by atoms with E-state index in [9.17, 15) is 0 Å². The van der Waals surface area contributed by atoms with Gasteiger partial charge in [0.15, 0.2) is 0 Å². The molecule has 0 aliphatic carbocycles. The molecule has 0 bridgehead atoms. The lowest BCUT2D eigenvalue weighted by atomic mass is 9.99. The highest BCUT2D eigenvalue weighted by atomic mass is 14.6. The van der Waals surface area contributed by atoms with E-state index in [4.69, 9.17) is 11.5 Å². The van der Waals surface area contributed by atoms with Gasteiger partial charge in [-0.3, -0.25) is 0 Å². The second kappa shape index (κ2) is 16.3. The van der Waals surface area contributed by atoms with E-state index in [2.05, 4.69) is 13.8 Å². The molecular weight excluding hydrogens is 256 g/mol. The number of nitrogens with two attached hydrogens (primary N) is 2. The van der Waals surface area contributed by atoms with Gasteiger partial charge in [0.05, 0.1) is 0 Å². The van der Waals surface area contributed by atoms with Crippen LogP contribution in [-0.4, -0.2) is 12.1 Å². The molecule has 4 N–H and O–H groups in total. The topological polar surface area (TPSA) is 52.0 Å². The largest absolute Gasteiger partial charge is 0.328 e. The first-order valence-corrected chi connectivity index (χ1v) is 9.71. The summed E-state index contributed by atoms with van der Waals surface area (Å²) >= 11 is 0. The van der Waals surface area contributed by atoms with Gasteiger partial charge in [-0.15, -0.1) is 0 Å². The molecule has 2 atom stereocenters. The molecule has 0 aliphatic rings. The second-order valence-corrected chi connectivity index (χ2v) is 6.86. The van der Waals surface area contributed by atoms with Crippen molar-refractivity contribution >= 4 is 0 Å². The van der Waals surface area contributed by atoms with Crippen LogP contribution in [0.4, 0.5) is 0 Å². The van der Waals surface area contributed by atoms with Crippen molar-refractivity contribution in [1.29, 1.82) is 0 Å². The lowest BCUT2D eigenvalue weighted by Crippen LogP contribution is -2.20. The molecule has 0 saturated carbocycles. The van der Waals surface area contributed by atoms with Crippen molar-refractivity contribution in [2.45, 2.75) is 122 Å². The standard InChI is InChI=1S/C19H42N2/c1-3-5-7-10-14-18(20)16-12-9-13-17-19(21)15-11-8-6-4-2/h18-19H,3-17,20-21H2,1-2H3. The Bertz CT molecular complexity index is 174. The summed E-state index contributed by atoms with van der Waals surface area (Å²) in [6, 6.07) is 0.870. The summed E-state index contributed by atoms with van der Waals surface area (Å²) in [7, 11) is 0. The summed E-state index contributed by atoms with van der Waals surface area (Å²) in [4.78, 5) is 0. The lowest BCUT2D eigenvalue weighted by molar-refractivity contribution is 0.466. The minimum Gasteiger partial charge on any atom is -0.328 e. The first-order valence-electron chi connectivity index (χ1n) is 9.71. The Hall–Kier alpha value is -0.0800. The minimum absolute atomic E-state index is 0.435. The summed E-state index contributed by atoms with van der Waals surface area (Å²) in [5, 5.41) is 0. The molecule has 0 amide bonds. The first kappa shape index (κ1) is 20.9. The normalized spacial score (nSPS) is 14.3. The van der Waals surface area contributed by atoms with Gasteiger partial charge in [0.1, 0.15) is 0 Å². The summed E-state index contributed by atoms with van der Waals surface area (Å²) in [5.74, 6) is 0. The second-order valence-electron chi connectivity index (χ2n) is 6.86. The minimum atomic E-state index is 0.435. The number of hydrogen-bond acceptors (Lipinski definition) is 2. The van der Waals surface area contributed by atoms with Gasteiger partial charge in [0, 0.05) is 12.1 Å². The van der Waals surface area contributed by atoms with Crippen LogP contribution in [0.3, 0.4) is 0 Å². The first-order chi connectivity index (χ1) is 10.2. The van der Waals surface area contributed by atoms with Crippen molar-refractivity contribution in [2.24, 2.45) is 11.5 Å². The molecule has 0 aromatic heterocycles. The van der Waals surface area contributed by atoms with Crippen LogP contribution in [0.25, 0.3) is 0 Å². The van der Waals surface area contributed by atoms with Crippen molar-refractivity contribution in [3.8, 4) is 0 Å². The number of unbranched alkanes of at least 4 members (excludes halogenated alkanes) is 8. The highest BCUT2D eigenvalue weighted by Crippen LogP contribution is 2.13. The molecule has 0 heterocycles. The van der Waals surface area contributed by atoms with E-state index >= 15 is 0 Å². The van der Waals surface area contributed by atoms with E-state index in [1.165, 1.54) is 96.3 Å². The highest BCUT2D eigenvalue weighted by Gasteiger charge is 2.04. The summed E-state index contributed by atoms with van der Waals surface area (Å²) in [6.07, 6.45) is 19.4. The van der Waals surface area contributed by atoms with Gasteiger partial charge in [-0.1, -0.05) is 84.5 Å². The van der Waals surface area contributed by atoms with Gasteiger partial charge in [-0.25, -0.2) is 0 Å². The summed E-state index contributed by atoms with van der Waals surface area (Å²) < 4.78 is 0. The van der Waals surface area contributed by atoms with E-state index in [0.29, 0.717) is 12.1 Å². The zero-order chi connectivity index (χ0) is 15.8. The SMILES string of the molecule is CCCCCCC(N)CCCCCC(N)CCCCCC. The third kappa shape index (κ3) is 16.1. The number of hydrogen-bond donors (Lipinski definition) is 2. The highest BCUT2D eigenvalue weighted by molar-refractivity contribution is 4.64. The predicted molar refractivity (Wildman–Crippen MR) is 96.6 cm³/mol. The van der Waals surface area contributed by atoms with Gasteiger partial charge in [0.25, 0.3) is 0 Å². The summed E-state index contributed by atoms with van der Waals surface area (Å²) in [5.41, 5.74) is 12.3. The molecule has 0 aromatic rings. The van der Waals surface area contributed by atoms with Crippen LogP contribution in [0.2, 0.25) is 0 Å². The molecule has 2 heteroatoms. The molecule has 0 fully saturated rings. The maximum atomic E-state index is 6.17. The molecule has 2 unspecified atom stereocenters. The molecular formula is C19H42N2. The van der Waals surface area contributed by atoms with Gasteiger partial charge < -0.3 is 11.5 Å². The quantitative estimate of drug-likeness (QED) is 0.368. The molecule has 0 aromatic carbocycles. The summed E-state index contributed by atoms with van der Waals surface area (Å²) in [6.45, 7) is 4.52. The van der Waals surface area contributed by atoms with Crippen molar-refractivity contribution in [2.75, 3.05) is 0 Å². The van der Waals surface area contributed by atoms with Crippen LogP contribution in [0.1, 0.15) is 110 Å². The van der Waals surface area contributed by atoms with E-state index in [1.807, 2.05) is 0 Å². The van der Waals surface area contributed by atoms with Crippen molar-refractivity contribution in [3.05, 3.63) is 0 Å². The van der Waals surface area contributed by atoms with Gasteiger partial charge in [-0.05, 0) is 25.7 Å². The maximum absolute atomic E-state index is 6.17. The van der Waals surface area contributed by atoms with Crippen LogP contribution >= 0.6 is 0 Å². The third-order valence-electron chi connectivity index (χ3n) is 4.51. The molecule has 2 nitrogen and oxygen atoms in total. The van der Waals surface area contributed by atoms with Crippen LogP contribution in [-0.2, 0) is 0 Å². The van der Waals surface area contributed by atoms with Crippen LogP contribution in [0.5, 0.6) is 0 Å². The molecule has 128 valence electrons. The third-order valence-corrected chi connectivity index (χ3v) is 4.51. The Labute approximate surface area is 134 Å². The maximum Gasteiger partial charge on any atom is 0.00388 e. The molecule has 21 heavy (non-hydrogen) atoms. The Morgan fingerprint density at radius 3 is 1.05 bits per heavy atom. The predicted octanol–water partition coefficient (Wildman–Crippen LogP) is 5.53. The van der Waals surface area contributed by atoms with E-state index in [0.717, 1.165) is 0 Å². The van der Waals surface area contributed by atoms with E-state index < -0.39 is 0 Å². The van der Waals surface area contributed by atoms with Crippen LogP contribution < -0.4 is 11.5 Å². The zero-order valence-electron chi connectivity index (χ0n) is 14.9. The van der Waals surface area contributed by atoms with Crippen LogP contribution in [0, 0.1) is 0 Å². The van der Waals surface area contributed by atoms with E-state index in [-0.39, 0.29) is 0 Å². The molecule has 0 rings (SSSR count). The molecule has 0 spiro atoms. The van der Waals surface area contributed by atoms with Crippen molar-refractivity contribution in [3.63, 3.8) is 0 Å². The Morgan fingerprint density at radius 2 is 0.762 bits per heavy atom. The Morgan fingerprint density at radius 1 is 0.476 bits per heavy atom. The van der Waals surface area contributed by atoms with Gasteiger partial charge in [-0.2, -0.15) is 0 Å². The van der Waals surface area contributed by atoms with E-state index in [1.54, 1.807) is 0 Å². The van der Waals surface area contributed by atoms with Crippen molar-refractivity contribution in [1.82, 2.24) is 0 Å². The molecule has 0 saturated heterocycles. The van der Waals surface area contributed by atoms with Gasteiger partial charge >= 0.3 is 0 Å². The fraction of sp³-hybridized carbons (Fsp3) is 1.00.